The summed E-state index contributed by atoms with van der Waals surface area (Å²) >= 11 is 1.80. The van der Waals surface area contributed by atoms with E-state index in [4.69, 9.17) is 9.40 Å². The van der Waals surface area contributed by atoms with Gasteiger partial charge >= 0.3 is 0 Å². The molecule has 142 valence electrons. The van der Waals surface area contributed by atoms with Crippen molar-refractivity contribution in [2.75, 3.05) is 6.54 Å². The molecule has 1 fully saturated rings. The molecule has 5 nitrogen and oxygen atoms in total. The number of aromatic nitrogens is 2. The van der Waals surface area contributed by atoms with Gasteiger partial charge in [0.1, 0.15) is 11.6 Å². The van der Waals surface area contributed by atoms with Gasteiger partial charge in [-0.2, -0.15) is 0 Å². The summed E-state index contributed by atoms with van der Waals surface area (Å²) in [6.45, 7) is 2.08. The predicted octanol–water partition coefficient (Wildman–Crippen LogP) is 4.44. The minimum absolute atomic E-state index is 0.0103. The quantitative estimate of drug-likeness (QED) is 0.505. The third-order valence-corrected chi connectivity index (χ3v) is 6.39. The average molecular weight is 391 g/mol. The molecule has 1 aliphatic rings. The van der Waals surface area contributed by atoms with Crippen LogP contribution >= 0.6 is 11.3 Å². The van der Waals surface area contributed by atoms with Crippen molar-refractivity contribution < 1.29 is 4.42 Å². The fourth-order valence-electron chi connectivity index (χ4n) is 4.06. The Labute approximate surface area is 166 Å². The normalized spacial score (nSPS) is 17.5. The summed E-state index contributed by atoms with van der Waals surface area (Å²) in [4.78, 5) is 21.9. The zero-order valence-corrected chi connectivity index (χ0v) is 16.3. The number of furan rings is 1. The molecule has 0 spiro atoms. The summed E-state index contributed by atoms with van der Waals surface area (Å²) < 4.78 is 7.28. The molecule has 6 heteroatoms. The molecule has 1 saturated heterocycles. The molecule has 0 amide bonds. The molecule has 1 aliphatic heterocycles. The van der Waals surface area contributed by atoms with Gasteiger partial charge in [-0.05, 0) is 55.1 Å². The number of rotatable bonds is 5. The Morgan fingerprint density at radius 2 is 2.04 bits per heavy atom. The van der Waals surface area contributed by atoms with Gasteiger partial charge in [0, 0.05) is 10.9 Å². The van der Waals surface area contributed by atoms with Crippen LogP contribution in [-0.2, 0) is 13.1 Å². The molecule has 4 aromatic rings. The molecule has 28 heavy (non-hydrogen) atoms. The van der Waals surface area contributed by atoms with Crippen molar-refractivity contribution in [1.29, 1.82) is 0 Å². The van der Waals surface area contributed by atoms with Gasteiger partial charge in [-0.15, -0.1) is 11.3 Å². The van der Waals surface area contributed by atoms with E-state index >= 15 is 0 Å². The van der Waals surface area contributed by atoms with Crippen LogP contribution in [0.3, 0.4) is 0 Å². The summed E-state index contributed by atoms with van der Waals surface area (Å²) in [7, 11) is 0. The van der Waals surface area contributed by atoms with Crippen LogP contribution in [-0.4, -0.2) is 21.0 Å². The number of hydrogen-bond acceptors (Lipinski definition) is 5. The summed E-state index contributed by atoms with van der Waals surface area (Å²) in [6.07, 6.45) is 3.96. The highest BCUT2D eigenvalue weighted by molar-refractivity contribution is 7.10. The van der Waals surface area contributed by atoms with Crippen molar-refractivity contribution in [2.24, 2.45) is 0 Å². The van der Waals surface area contributed by atoms with Crippen molar-refractivity contribution in [3.8, 4) is 0 Å². The fraction of sp³-hybridized carbons (Fsp3) is 0.273. The Bertz CT molecular complexity index is 1130. The van der Waals surface area contributed by atoms with Crippen LogP contribution in [0.5, 0.6) is 0 Å². The maximum Gasteiger partial charge on any atom is 0.261 e. The lowest BCUT2D eigenvalue weighted by atomic mass is 10.2. The zero-order valence-electron chi connectivity index (χ0n) is 15.5. The molecule has 0 bridgehead atoms. The van der Waals surface area contributed by atoms with Gasteiger partial charge in [0.25, 0.3) is 5.56 Å². The summed E-state index contributed by atoms with van der Waals surface area (Å²) in [5, 5.41) is 2.78. The number of nitrogens with zero attached hydrogens (tertiary/aromatic N) is 3. The van der Waals surface area contributed by atoms with E-state index in [-0.39, 0.29) is 5.56 Å². The molecule has 5 rings (SSSR count). The Morgan fingerprint density at radius 1 is 1.11 bits per heavy atom. The van der Waals surface area contributed by atoms with Gasteiger partial charge in [-0.1, -0.05) is 18.2 Å². The zero-order chi connectivity index (χ0) is 18.9. The smallest absolute Gasteiger partial charge is 0.261 e. The number of hydrogen-bond donors (Lipinski definition) is 0. The highest BCUT2D eigenvalue weighted by atomic mass is 32.1. The van der Waals surface area contributed by atoms with E-state index < -0.39 is 0 Å². The molecule has 0 N–H and O–H groups in total. The fourth-order valence-corrected chi connectivity index (χ4v) is 4.95. The van der Waals surface area contributed by atoms with Crippen LogP contribution in [0, 0.1) is 0 Å². The Morgan fingerprint density at radius 3 is 2.86 bits per heavy atom. The summed E-state index contributed by atoms with van der Waals surface area (Å²) in [6, 6.07) is 16.0. The van der Waals surface area contributed by atoms with Crippen LogP contribution in [0.4, 0.5) is 0 Å². The third kappa shape index (κ3) is 3.19. The van der Waals surface area contributed by atoms with Gasteiger partial charge in [0.2, 0.25) is 0 Å². The lowest BCUT2D eigenvalue weighted by Crippen LogP contribution is -2.31. The number of para-hydroxylation sites is 1. The molecular weight excluding hydrogens is 370 g/mol. The van der Waals surface area contributed by atoms with Gasteiger partial charge in [-0.3, -0.25) is 14.3 Å². The van der Waals surface area contributed by atoms with E-state index in [1.807, 2.05) is 36.4 Å². The molecular formula is C22H21N3O2S. The first kappa shape index (κ1) is 17.4. The first-order valence-corrected chi connectivity index (χ1v) is 10.5. The Hall–Kier alpha value is -2.70. The minimum Gasteiger partial charge on any atom is -0.467 e. The average Bonchev–Trinajstić information content (AvgIpc) is 3.47. The first-order chi connectivity index (χ1) is 13.8. The lowest BCUT2D eigenvalue weighted by molar-refractivity contribution is 0.240. The maximum atomic E-state index is 13.2. The van der Waals surface area contributed by atoms with Gasteiger partial charge in [0.05, 0.1) is 30.3 Å². The molecule has 4 heterocycles. The Kier molecular flexibility index (Phi) is 4.58. The van der Waals surface area contributed by atoms with Gasteiger partial charge in [-0.25, -0.2) is 4.98 Å². The Balaban J connectivity index is 1.56. The number of benzene rings is 1. The molecule has 1 unspecified atom stereocenters. The molecule has 0 saturated carbocycles. The molecule has 3 aromatic heterocycles. The van der Waals surface area contributed by atoms with Crippen molar-refractivity contribution in [3.05, 3.63) is 87.0 Å². The van der Waals surface area contributed by atoms with Gasteiger partial charge < -0.3 is 4.42 Å². The van der Waals surface area contributed by atoms with E-state index in [2.05, 4.69) is 22.4 Å². The van der Waals surface area contributed by atoms with E-state index in [0.29, 0.717) is 24.5 Å². The molecule has 0 radical (unpaired) electrons. The second kappa shape index (κ2) is 7.37. The number of likely N-dealkylation sites (tertiary alicyclic amines) is 1. The van der Waals surface area contributed by atoms with Crippen LogP contribution < -0.4 is 5.56 Å². The van der Waals surface area contributed by atoms with E-state index in [1.54, 1.807) is 22.2 Å². The van der Waals surface area contributed by atoms with E-state index in [0.717, 1.165) is 30.1 Å². The van der Waals surface area contributed by atoms with Crippen LogP contribution in [0.2, 0.25) is 0 Å². The van der Waals surface area contributed by atoms with Crippen LogP contribution in [0.1, 0.15) is 35.3 Å². The van der Waals surface area contributed by atoms with E-state index in [1.165, 1.54) is 11.3 Å². The molecule has 1 atom stereocenters. The van der Waals surface area contributed by atoms with Crippen molar-refractivity contribution in [1.82, 2.24) is 14.5 Å². The van der Waals surface area contributed by atoms with E-state index in [9.17, 15) is 4.79 Å². The molecule has 1 aromatic carbocycles. The second-order valence-electron chi connectivity index (χ2n) is 7.16. The number of fused-ring (bicyclic) bond motifs is 1. The monoisotopic (exact) mass is 391 g/mol. The number of thiophene rings is 1. The topological polar surface area (TPSA) is 51.3 Å². The standard InChI is InChI=1S/C22H21N3O2S/c26-22-17-7-1-2-8-18(17)23-21(25(22)14-16-6-4-12-27-16)15-24-11-3-9-19(24)20-10-5-13-28-20/h1-2,4-8,10,12-13,19H,3,9,11,14-15H2. The first-order valence-electron chi connectivity index (χ1n) is 9.58. The molecule has 0 aliphatic carbocycles. The van der Waals surface area contributed by atoms with Crippen molar-refractivity contribution in [2.45, 2.75) is 32.0 Å². The van der Waals surface area contributed by atoms with Crippen molar-refractivity contribution in [3.63, 3.8) is 0 Å². The van der Waals surface area contributed by atoms with Crippen LogP contribution in [0.15, 0.2) is 69.4 Å². The largest absolute Gasteiger partial charge is 0.467 e. The maximum absolute atomic E-state index is 13.2. The van der Waals surface area contributed by atoms with Gasteiger partial charge in [0.15, 0.2) is 0 Å². The highest BCUT2D eigenvalue weighted by Crippen LogP contribution is 2.35. The highest BCUT2D eigenvalue weighted by Gasteiger charge is 2.28. The second-order valence-corrected chi connectivity index (χ2v) is 8.14. The SMILES string of the molecule is O=c1c2ccccc2nc(CN2CCCC2c2cccs2)n1Cc1ccco1. The van der Waals surface area contributed by atoms with Crippen LogP contribution in [0.25, 0.3) is 10.9 Å². The summed E-state index contributed by atoms with van der Waals surface area (Å²) in [5.74, 6) is 1.56. The summed E-state index contributed by atoms with van der Waals surface area (Å²) in [5.41, 5.74) is 0.744. The third-order valence-electron chi connectivity index (χ3n) is 5.41. The minimum atomic E-state index is -0.0103. The van der Waals surface area contributed by atoms with Crippen molar-refractivity contribution >= 4 is 22.2 Å². The lowest BCUT2D eigenvalue weighted by Gasteiger charge is -2.24. The predicted molar refractivity (Wildman–Crippen MR) is 111 cm³/mol.